The number of hydrogen-bond acceptors (Lipinski definition) is 7. The minimum Gasteiger partial charge on any atom is -0.462 e. The molecule has 0 amide bonds. The van der Waals surface area contributed by atoms with Crippen LogP contribution in [0.2, 0.25) is 0 Å². The van der Waals surface area contributed by atoms with Gasteiger partial charge < -0.3 is 18.9 Å². The minimum absolute atomic E-state index is 0.0339. The third-order valence-electron chi connectivity index (χ3n) is 5.14. The number of phosphoric acid groups is 1. The summed E-state index contributed by atoms with van der Waals surface area (Å²) in [6.07, 6.45) is 9.75. The molecule has 0 aliphatic carbocycles. The number of carbonyl (C=O) groups excluding carboxylic acids is 2. The fourth-order valence-corrected chi connectivity index (χ4v) is 3.75. The molecule has 0 aromatic carbocycles. The average molecular weight is 511 g/mol. The standard InChI is InChI=1S/C24H48NO8P/c1-6-8-10-11-12-13-15-16-23(26)30-20-22(33-24(27)17-14-9-7-2)21-32-34(28,29)31-19-18-25(3,4)5/h22H,6-21H2,1-5H3/p+1/t22-/m1/s1. The van der Waals surface area contributed by atoms with Gasteiger partial charge in [-0.25, -0.2) is 4.57 Å². The van der Waals surface area contributed by atoms with Crippen molar-refractivity contribution in [2.45, 2.75) is 97.0 Å². The van der Waals surface area contributed by atoms with Crippen LogP contribution in [0, 0.1) is 0 Å². The Morgan fingerprint density at radius 2 is 1.32 bits per heavy atom. The van der Waals surface area contributed by atoms with Gasteiger partial charge in [-0.05, 0) is 12.8 Å². The normalized spacial score (nSPS) is 14.4. The van der Waals surface area contributed by atoms with Crippen molar-refractivity contribution in [3.63, 3.8) is 0 Å². The number of ether oxygens (including phenoxy) is 2. The average Bonchev–Trinajstić information content (AvgIpc) is 2.74. The highest BCUT2D eigenvalue weighted by molar-refractivity contribution is 7.47. The Balaban J connectivity index is 4.53. The van der Waals surface area contributed by atoms with E-state index in [1.54, 1.807) is 0 Å². The Morgan fingerprint density at radius 3 is 1.94 bits per heavy atom. The molecule has 0 fully saturated rings. The molecule has 0 spiro atoms. The van der Waals surface area contributed by atoms with Gasteiger partial charge in [-0.15, -0.1) is 0 Å². The van der Waals surface area contributed by atoms with E-state index in [1.165, 1.54) is 25.7 Å². The number of nitrogens with zero attached hydrogens (tertiary/aromatic N) is 1. The lowest BCUT2D eigenvalue weighted by Gasteiger charge is -2.24. The largest absolute Gasteiger partial charge is 0.472 e. The molecule has 0 aliphatic heterocycles. The fourth-order valence-electron chi connectivity index (χ4n) is 3.01. The summed E-state index contributed by atoms with van der Waals surface area (Å²) in [7, 11) is 1.47. The van der Waals surface area contributed by atoms with Crippen LogP contribution in [0.25, 0.3) is 0 Å². The summed E-state index contributed by atoms with van der Waals surface area (Å²) in [6.45, 7) is 4.13. The molecule has 0 aromatic rings. The molecule has 0 saturated carbocycles. The first kappa shape index (κ1) is 33.0. The SMILES string of the molecule is CCCCCCCCCC(=O)OC[C@H](COP(=O)(O)OCC[N+](C)(C)C)OC(=O)CCCCC. The van der Waals surface area contributed by atoms with E-state index in [9.17, 15) is 19.0 Å². The van der Waals surface area contributed by atoms with E-state index in [1.807, 2.05) is 28.1 Å². The van der Waals surface area contributed by atoms with E-state index < -0.39 is 26.5 Å². The molecule has 10 heteroatoms. The van der Waals surface area contributed by atoms with Crippen LogP contribution >= 0.6 is 7.82 Å². The summed E-state index contributed by atoms with van der Waals surface area (Å²) in [5.41, 5.74) is 0. The van der Waals surface area contributed by atoms with Crippen molar-refractivity contribution in [1.29, 1.82) is 0 Å². The Hall–Kier alpha value is -0.990. The maximum Gasteiger partial charge on any atom is 0.472 e. The van der Waals surface area contributed by atoms with Gasteiger partial charge in [0.05, 0.1) is 27.7 Å². The molecule has 202 valence electrons. The Morgan fingerprint density at radius 1 is 0.794 bits per heavy atom. The number of quaternary nitrogens is 1. The van der Waals surface area contributed by atoms with E-state index in [4.69, 9.17) is 18.5 Å². The summed E-state index contributed by atoms with van der Waals surface area (Å²) in [6, 6.07) is 0. The lowest BCUT2D eigenvalue weighted by Crippen LogP contribution is -2.37. The number of hydrogen-bond donors (Lipinski definition) is 1. The van der Waals surface area contributed by atoms with Gasteiger partial charge in [-0.1, -0.05) is 65.2 Å². The van der Waals surface area contributed by atoms with Crippen molar-refractivity contribution in [1.82, 2.24) is 0 Å². The topological polar surface area (TPSA) is 108 Å². The lowest BCUT2D eigenvalue weighted by atomic mass is 10.1. The van der Waals surface area contributed by atoms with Gasteiger partial charge in [0.1, 0.15) is 19.8 Å². The number of carbonyl (C=O) groups is 2. The van der Waals surface area contributed by atoms with Crippen LogP contribution in [0.4, 0.5) is 0 Å². The van der Waals surface area contributed by atoms with Crippen molar-refractivity contribution in [2.75, 3.05) is 47.5 Å². The predicted molar refractivity (Wildman–Crippen MR) is 132 cm³/mol. The van der Waals surface area contributed by atoms with Gasteiger partial charge >= 0.3 is 19.8 Å². The van der Waals surface area contributed by atoms with Crippen LogP contribution in [-0.4, -0.2) is 74.9 Å². The van der Waals surface area contributed by atoms with Crippen LogP contribution in [0.5, 0.6) is 0 Å². The van der Waals surface area contributed by atoms with Crippen LogP contribution in [0.3, 0.4) is 0 Å². The highest BCUT2D eigenvalue weighted by Crippen LogP contribution is 2.43. The van der Waals surface area contributed by atoms with Crippen LogP contribution in [-0.2, 0) is 32.7 Å². The Bertz CT molecular complexity index is 594. The quantitative estimate of drug-likeness (QED) is 0.0938. The van der Waals surface area contributed by atoms with E-state index in [0.29, 0.717) is 23.9 Å². The number of phosphoric ester groups is 1. The maximum atomic E-state index is 12.2. The van der Waals surface area contributed by atoms with Gasteiger partial charge in [-0.2, -0.15) is 0 Å². The highest BCUT2D eigenvalue weighted by Gasteiger charge is 2.26. The third-order valence-corrected chi connectivity index (χ3v) is 6.12. The molecule has 2 atom stereocenters. The molecule has 9 nitrogen and oxygen atoms in total. The smallest absolute Gasteiger partial charge is 0.462 e. The Kier molecular flexibility index (Phi) is 18.7. The zero-order valence-electron chi connectivity index (χ0n) is 22.1. The lowest BCUT2D eigenvalue weighted by molar-refractivity contribution is -0.870. The van der Waals surface area contributed by atoms with Gasteiger partial charge in [0.25, 0.3) is 0 Å². The van der Waals surface area contributed by atoms with Crippen molar-refractivity contribution < 1.29 is 42.1 Å². The maximum absolute atomic E-state index is 12.2. The molecule has 0 aliphatic rings. The monoisotopic (exact) mass is 510 g/mol. The highest BCUT2D eigenvalue weighted by atomic mass is 31.2. The van der Waals surface area contributed by atoms with Crippen molar-refractivity contribution in [3.05, 3.63) is 0 Å². The van der Waals surface area contributed by atoms with Crippen molar-refractivity contribution >= 4 is 19.8 Å². The van der Waals surface area contributed by atoms with Gasteiger partial charge in [0, 0.05) is 12.8 Å². The van der Waals surface area contributed by atoms with Gasteiger partial charge in [0.15, 0.2) is 6.10 Å². The van der Waals surface area contributed by atoms with Crippen molar-refractivity contribution in [2.24, 2.45) is 0 Å². The number of esters is 2. The molecule has 0 bridgehead atoms. The summed E-state index contributed by atoms with van der Waals surface area (Å²) in [5.74, 6) is -0.837. The number of unbranched alkanes of at least 4 members (excludes halogenated alkanes) is 8. The van der Waals surface area contributed by atoms with E-state index in [-0.39, 0.29) is 25.6 Å². The molecule has 1 unspecified atom stereocenters. The Labute approximate surface area is 206 Å². The zero-order chi connectivity index (χ0) is 25.9. The second kappa shape index (κ2) is 19.2. The summed E-state index contributed by atoms with van der Waals surface area (Å²) in [5, 5.41) is 0. The second-order valence-corrected chi connectivity index (χ2v) is 11.2. The van der Waals surface area contributed by atoms with Crippen LogP contribution < -0.4 is 0 Å². The zero-order valence-corrected chi connectivity index (χ0v) is 23.0. The second-order valence-electron chi connectivity index (χ2n) is 9.73. The third kappa shape index (κ3) is 21.5. The van der Waals surface area contributed by atoms with Crippen LogP contribution in [0.15, 0.2) is 0 Å². The van der Waals surface area contributed by atoms with Gasteiger partial charge in [0.2, 0.25) is 0 Å². The molecule has 0 radical (unpaired) electrons. The summed E-state index contributed by atoms with van der Waals surface area (Å²) in [4.78, 5) is 34.1. The van der Waals surface area contributed by atoms with Gasteiger partial charge in [-0.3, -0.25) is 18.6 Å². The first-order valence-corrected chi connectivity index (χ1v) is 14.3. The number of likely N-dealkylation sites (N-methyl/N-ethyl adjacent to an activating group) is 1. The summed E-state index contributed by atoms with van der Waals surface area (Å²) < 4.78 is 33.3. The molecule has 0 aromatic heterocycles. The first-order valence-electron chi connectivity index (χ1n) is 12.8. The molecule has 0 saturated heterocycles. The molecular formula is C24H49NO8P+. The molecule has 0 heterocycles. The van der Waals surface area contributed by atoms with E-state index in [2.05, 4.69) is 6.92 Å². The van der Waals surface area contributed by atoms with E-state index in [0.717, 1.165) is 32.1 Å². The first-order chi connectivity index (χ1) is 16.0. The van der Waals surface area contributed by atoms with Crippen LogP contribution in [0.1, 0.15) is 90.9 Å². The van der Waals surface area contributed by atoms with E-state index >= 15 is 0 Å². The predicted octanol–water partition coefficient (Wildman–Crippen LogP) is 5.00. The molecule has 0 rings (SSSR count). The summed E-state index contributed by atoms with van der Waals surface area (Å²) >= 11 is 0. The fraction of sp³-hybridized carbons (Fsp3) is 0.917. The molecular weight excluding hydrogens is 461 g/mol. The van der Waals surface area contributed by atoms with Crippen molar-refractivity contribution in [3.8, 4) is 0 Å². The molecule has 1 N–H and O–H groups in total. The molecule has 34 heavy (non-hydrogen) atoms. The minimum atomic E-state index is -4.32. The number of rotatable bonds is 22.